The van der Waals surface area contributed by atoms with Crippen molar-refractivity contribution in [3.8, 4) is 6.07 Å². The van der Waals surface area contributed by atoms with E-state index in [4.69, 9.17) is 5.26 Å². The number of benzene rings is 1. The van der Waals surface area contributed by atoms with Gasteiger partial charge in [0.1, 0.15) is 5.82 Å². The molecule has 86 valence electrons. The van der Waals surface area contributed by atoms with Crippen LogP contribution < -0.4 is 5.32 Å². The Kier molecular flexibility index (Phi) is 3.40. The molecule has 0 aliphatic carbocycles. The lowest BCUT2D eigenvalue weighted by Gasteiger charge is -2.14. The van der Waals surface area contributed by atoms with Gasteiger partial charge in [0.2, 0.25) is 0 Å². The van der Waals surface area contributed by atoms with Gasteiger partial charge in [-0.05, 0) is 36.6 Å². The van der Waals surface area contributed by atoms with E-state index in [0.717, 1.165) is 4.88 Å². The van der Waals surface area contributed by atoms with Crippen LogP contribution in [0.2, 0.25) is 0 Å². The summed E-state index contributed by atoms with van der Waals surface area (Å²) < 4.78 is 13.6. The minimum atomic E-state index is -0.396. The highest BCUT2D eigenvalue weighted by molar-refractivity contribution is 7.10. The summed E-state index contributed by atoms with van der Waals surface area (Å²) in [6.07, 6.45) is 0. The second-order valence-corrected chi connectivity index (χ2v) is 4.67. The average Bonchev–Trinajstić information content (AvgIpc) is 2.85. The second-order valence-electron chi connectivity index (χ2n) is 3.69. The smallest absolute Gasteiger partial charge is 0.147 e. The fraction of sp³-hybridized carbons (Fsp3) is 0.154. The molecule has 0 amide bonds. The highest BCUT2D eigenvalue weighted by Crippen LogP contribution is 2.25. The quantitative estimate of drug-likeness (QED) is 0.890. The highest BCUT2D eigenvalue weighted by atomic mass is 32.1. The Balaban J connectivity index is 2.17. The molecule has 2 rings (SSSR count). The van der Waals surface area contributed by atoms with Crippen LogP contribution in [0.15, 0.2) is 35.7 Å². The van der Waals surface area contributed by atoms with Crippen LogP contribution in [-0.2, 0) is 0 Å². The second kappa shape index (κ2) is 4.98. The van der Waals surface area contributed by atoms with Crippen LogP contribution in [0.25, 0.3) is 0 Å². The van der Waals surface area contributed by atoms with Gasteiger partial charge in [-0.1, -0.05) is 6.07 Å². The fourth-order valence-electron chi connectivity index (χ4n) is 1.54. The van der Waals surface area contributed by atoms with E-state index in [9.17, 15) is 4.39 Å². The van der Waals surface area contributed by atoms with Crippen molar-refractivity contribution in [2.24, 2.45) is 0 Å². The molecule has 0 saturated heterocycles. The van der Waals surface area contributed by atoms with Gasteiger partial charge in [-0.25, -0.2) is 4.39 Å². The molecule has 1 aromatic heterocycles. The maximum Gasteiger partial charge on any atom is 0.147 e. The first-order chi connectivity index (χ1) is 8.20. The first-order valence-corrected chi connectivity index (χ1v) is 6.08. The third kappa shape index (κ3) is 2.63. The zero-order chi connectivity index (χ0) is 12.3. The zero-order valence-electron chi connectivity index (χ0n) is 9.27. The lowest BCUT2D eigenvalue weighted by Crippen LogP contribution is -2.06. The van der Waals surface area contributed by atoms with Crippen molar-refractivity contribution in [3.63, 3.8) is 0 Å². The maximum atomic E-state index is 13.6. The van der Waals surface area contributed by atoms with E-state index in [1.165, 1.54) is 6.07 Å². The predicted molar refractivity (Wildman–Crippen MR) is 67.5 cm³/mol. The van der Waals surface area contributed by atoms with Crippen LogP contribution in [0.4, 0.5) is 10.1 Å². The van der Waals surface area contributed by atoms with Crippen molar-refractivity contribution in [3.05, 3.63) is 52.0 Å². The molecule has 1 atom stereocenters. The van der Waals surface area contributed by atoms with Crippen molar-refractivity contribution >= 4 is 17.0 Å². The molecule has 0 aliphatic heterocycles. The Hall–Kier alpha value is -1.86. The van der Waals surface area contributed by atoms with Gasteiger partial charge >= 0.3 is 0 Å². The largest absolute Gasteiger partial charge is 0.375 e. The van der Waals surface area contributed by atoms with Crippen molar-refractivity contribution in [1.82, 2.24) is 0 Å². The fourth-order valence-corrected chi connectivity index (χ4v) is 2.28. The molecule has 1 heterocycles. The summed E-state index contributed by atoms with van der Waals surface area (Å²) in [5.41, 5.74) is 0.752. The Morgan fingerprint density at radius 1 is 1.41 bits per heavy atom. The Morgan fingerprint density at radius 2 is 2.24 bits per heavy atom. The van der Waals surface area contributed by atoms with Crippen LogP contribution in [0, 0.1) is 17.1 Å². The molecule has 0 aliphatic rings. The summed E-state index contributed by atoms with van der Waals surface area (Å²) in [4.78, 5) is 1.15. The molecule has 0 fully saturated rings. The van der Waals surface area contributed by atoms with Crippen LogP contribution in [0.3, 0.4) is 0 Å². The number of thiophene rings is 1. The van der Waals surface area contributed by atoms with Crippen LogP contribution in [0.1, 0.15) is 23.4 Å². The van der Waals surface area contributed by atoms with E-state index in [1.54, 1.807) is 23.5 Å². The minimum absolute atomic E-state index is 0.0532. The van der Waals surface area contributed by atoms with E-state index in [0.29, 0.717) is 11.3 Å². The number of hydrogen-bond donors (Lipinski definition) is 1. The van der Waals surface area contributed by atoms with Gasteiger partial charge in [0.15, 0.2) is 0 Å². The summed E-state index contributed by atoms with van der Waals surface area (Å²) in [6.45, 7) is 1.98. The van der Waals surface area contributed by atoms with Crippen molar-refractivity contribution in [1.29, 1.82) is 5.26 Å². The van der Waals surface area contributed by atoms with Crippen molar-refractivity contribution in [2.45, 2.75) is 13.0 Å². The van der Waals surface area contributed by atoms with E-state index >= 15 is 0 Å². The first-order valence-electron chi connectivity index (χ1n) is 5.20. The standard InChI is InChI=1S/C13H11FN2S/c1-9(13-3-2-6-17-13)16-12-5-4-10(8-15)7-11(12)14/h2-7,9,16H,1H3. The Morgan fingerprint density at radius 3 is 2.82 bits per heavy atom. The highest BCUT2D eigenvalue weighted by Gasteiger charge is 2.09. The number of nitrogens with zero attached hydrogens (tertiary/aromatic N) is 1. The predicted octanol–water partition coefficient (Wildman–Crippen LogP) is 3.93. The van der Waals surface area contributed by atoms with Crippen LogP contribution >= 0.6 is 11.3 Å². The number of anilines is 1. The Labute approximate surface area is 103 Å². The SMILES string of the molecule is CC(Nc1ccc(C#N)cc1F)c1cccs1. The molecular formula is C13H11FN2S. The Bertz CT molecular complexity index is 543. The third-order valence-electron chi connectivity index (χ3n) is 2.44. The molecule has 0 saturated carbocycles. The van der Waals surface area contributed by atoms with Gasteiger partial charge in [0, 0.05) is 4.88 Å². The summed E-state index contributed by atoms with van der Waals surface area (Å²) in [6, 6.07) is 10.4. The summed E-state index contributed by atoms with van der Waals surface area (Å²) >= 11 is 1.63. The van der Waals surface area contributed by atoms with E-state index < -0.39 is 5.82 Å². The minimum Gasteiger partial charge on any atom is -0.375 e. The van der Waals surface area contributed by atoms with Gasteiger partial charge in [0.25, 0.3) is 0 Å². The van der Waals surface area contributed by atoms with Gasteiger partial charge in [-0.2, -0.15) is 5.26 Å². The van der Waals surface area contributed by atoms with Gasteiger partial charge in [-0.3, -0.25) is 0 Å². The van der Waals surface area contributed by atoms with Crippen LogP contribution in [-0.4, -0.2) is 0 Å². The molecule has 17 heavy (non-hydrogen) atoms. The molecule has 0 radical (unpaired) electrons. The number of halogens is 1. The maximum absolute atomic E-state index is 13.6. The molecule has 0 spiro atoms. The summed E-state index contributed by atoms with van der Waals surface area (Å²) in [5, 5.41) is 13.7. The lowest BCUT2D eigenvalue weighted by atomic mass is 10.2. The molecule has 4 heteroatoms. The molecule has 1 N–H and O–H groups in total. The van der Waals surface area contributed by atoms with Crippen molar-refractivity contribution < 1.29 is 4.39 Å². The first kappa shape index (κ1) is 11.6. The van der Waals surface area contributed by atoms with Gasteiger partial charge in [0.05, 0.1) is 23.4 Å². The van der Waals surface area contributed by atoms with Gasteiger partial charge < -0.3 is 5.32 Å². The molecule has 2 nitrogen and oxygen atoms in total. The van der Waals surface area contributed by atoms with E-state index in [2.05, 4.69) is 5.32 Å². The lowest BCUT2D eigenvalue weighted by molar-refractivity contribution is 0.627. The molecule has 1 unspecified atom stereocenters. The zero-order valence-corrected chi connectivity index (χ0v) is 10.1. The third-order valence-corrected chi connectivity index (χ3v) is 3.50. The summed E-state index contributed by atoms with van der Waals surface area (Å²) in [5.74, 6) is -0.396. The van der Waals surface area contributed by atoms with Crippen LogP contribution in [0.5, 0.6) is 0 Å². The number of nitriles is 1. The number of nitrogens with one attached hydrogen (secondary N) is 1. The summed E-state index contributed by atoms with van der Waals surface area (Å²) in [7, 11) is 0. The van der Waals surface area contributed by atoms with E-state index in [1.807, 2.05) is 30.5 Å². The normalized spacial score (nSPS) is 11.8. The molecule has 1 aromatic carbocycles. The number of rotatable bonds is 3. The average molecular weight is 246 g/mol. The monoisotopic (exact) mass is 246 g/mol. The topological polar surface area (TPSA) is 35.8 Å². The molecule has 0 bridgehead atoms. The molecule has 2 aromatic rings. The van der Waals surface area contributed by atoms with Gasteiger partial charge in [-0.15, -0.1) is 11.3 Å². The number of hydrogen-bond acceptors (Lipinski definition) is 3. The van der Waals surface area contributed by atoms with E-state index in [-0.39, 0.29) is 6.04 Å². The molecular weight excluding hydrogens is 235 g/mol. The van der Waals surface area contributed by atoms with Crippen molar-refractivity contribution in [2.75, 3.05) is 5.32 Å².